The Morgan fingerprint density at radius 3 is 2.43 bits per heavy atom. The molecule has 0 spiro atoms. The minimum Gasteiger partial charge on any atom is -0.380 e. The molecule has 1 atom stereocenters. The first-order chi connectivity index (χ1) is 14.3. The summed E-state index contributed by atoms with van der Waals surface area (Å²) in [5, 5.41) is 3.07. The summed E-state index contributed by atoms with van der Waals surface area (Å²) in [6.07, 6.45) is 2.22. The van der Waals surface area contributed by atoms with Gasteiger partial charge in [0, 0.05) is 18.7 Å². The number of benzene rings is 2. The van der Waals surface area contributed by atoms with Crippen LogP contribution in [-0.2, 0) is 32.7 Å². The van der Waals surface area contributed by atoms with Crippen LogP contribution in [0.4, 0.5) is 0 Å². The smallest absolute Gasteiger partial charge is 0.242 e. The summed E-state index contributed by atoms with van der Waals surface area (Å²) in [4.78, 5) is 12.6. The fourth-order valence-electron chi connectivity index (χ4n) is 2.65. The Kier molecular flexibility index (Phi) is 9.93. The van der Waals surface area contributed by atoms with Crippen LogP contribution in [-0.4, -0.2) is 39.5 Å². The summed E-state index contributed by atoms with van der Waals surface area (Å²) in [6.45, 7) is 0.790. The number of amides is 1. The Morgan fingerprint density at radius 1 is 1.13 bits per heavy atom. The molecule has 0 radical (unpaired) electrons. The number of hydrogen-bond donors (Lipinski definition) is 2. The molecule has 0 fully saturated rings. The number of carbonyl (C=O) groups excluding carboxylic acids is 1. The van der Waals surface area contributed by atoms with E-state index in [4.69, 9.17) is 27.9 Å². The highest BCUT2D eigenvalue weighted by Crippen LogP contribution is 2.25. The third-order valence-electron chi connectivity index (χ3n) is 4.21. The van der Waals surface area contributed by atoms with Crippen LogP contribution in [0.25, 0.3) is 0 Å². The zero-order valence-corrected chi connectivity index (χ0v) is 19.8. The first-order valence-corrected chi connectivity index (χ1v) is 12.7. The fraction of sp³-hybridized carbons (Fsp3) is 0.350. The van der Waals surface area contributed by atoms with Crippen LogP contribution in [0.15, 0.2) is 47.4 Å². The van der Waals surface area contributed by atoms with E-state index in [1.165, 1.54) is 30.0 Å². The van der Waals surface area contributed by atoms with Crippen molar-refractivity contribution in [1.29, 1.82) is 0 Å². The van der Waals surface area contributed by atoms with Crippen molar-refractivity contribution in [2.45, 2.75) is 30.5 Å². The quantitative estimate of drug-likeness (QED) is 0.499. The van der Waals surface area contributed by atoms with Gasteiger partial charge in [-0.25, -0.2) is 8.42 Å². The first kappa shape index (κ1) is 25.0. The zero-order valence-electron chi connectivity index (χ0n) is 16.7. The van der Waals surface area contributed by atoms with Gasteiger partial charge in [-0.15, -0.1) is 0 Å². The van der Waals surface area contributed by atoms with Crippen LogP contribution in [0.1, 0.15) is 17.5 Å². The minimum absolute atomic E-state index is 0.0343. The van der Waals surface area contributed by atoms with Crippen LogP contribution < -0.4 is 10.0 Å². The normalized spacial score (nSPS) is 12.5. The fourth-order valence-corrected chi connectivity index (χ4v) is 5.11. The molecule has 0 aromatic heterocycles. The molecular weight excluding hydrogens is 467 g/mol. The average Bonchev–Trinajstić information content (AvgIpc) is 2.72. The van der Waals surface area contributed by atoms with E-state index in [-0.39, 0.29) is 21.5 Å². The lowest BCUT2D eigenvalue weighted by molar-refractivity contribution is -0.122. The molecule has 0 aliphatic heterocycles. The summed E-state index contributed by atoms with van der Waals surface area (Å²) >= 11 is 13.5. The first-order valence-electron chi connectivity index (χ1n) is 9.07. The van der Waals surface area contributed by atoms with Crippen LogP contribution in [0.2, 0.25) is 10.0 Å². The van der Waals surface area contributed by atoms with Crippen molar-refractivity contribution in [2.24, 2.45) is 0 Å². The number of nitrogens with one attached hydrogen (secondary N) is 2. The maximum atomic E-state index is 12.8. The van der Waals surface area contributed by atoms with Crippen molar-refractivity contribution in [3.8, 4) is 0 Å². The molecular formula is C20H24Cl2N2O4S2. The van der Waals surface area contributed by atoms with Crippen LogP contribution >= 0.6 is 35.0 Å². The van der Waals surface area contributed by atoms with Gasteiger partial charge in [0.2, 0.25) is 15.9 Å². The summed E-state index contributed by atoms with van der Waals surface area (Å²) in [6, 6.07) is 10.8. The van der Waals surface area contributed by atoms with Gasteiger partial charge in [0.15, 0.2) is 0 Å². The number of thioether (sulfide) groups is 1. The number of rotatable bonds is 11. The third-order valence-corrected chi connectivity index (χ3v) is 7.04. The lowest BCUT2D eigenvalue weighted by Gasteiger charge is -2.19. The number of ether oxygens (including phenoxy) is 1. The minimum atomic E-state index is -4.03. The van der Waals surface area contributed by atoms with E-state index < -0.39 is 22.0 Å². The van der Waals surface area contributed by atoms with Crippen LogP contribution in [0.3, 0.4) is 0 Å². The van der Waals surface area contributed by atoms with E-state index in [0.29, 0.717) is 18.8 Å². The molecule has 2 aromatic rings. The van der Waals surface area contributed by atoms with Crippen LogP contribution in [0, 0.1) is 0 Å². The predicted molar refractivity (Wildman–Crippen MR) is 123 cm³/mol. The highest BCUT2D eigenvalue weighted by molar-refractivity contribution is 7.98. The molecule has 30 heavy (non-hydrogen) atoms. The molecule has 0 aliphatic carbocycles. The third kappa shape index (κ3) is 7.44. The van der Waals surface area contributed by atoms with Crippen molar-refractivity contribution in [3.63, 3.8) is 0 Å². The van der Waals surface area contributed by atoms with Crippen molar-refractivity contribution < 1.29 is 17.9 Å². The van der Waals surface area contributed by atoms with E-state index in [1.807, 2.05) is 30.5 Å². The van der Waals surface area contributed by atoms with Gasteiger partial charge < -0.3 is 10.1 Å². The van der Waals surface area contributed by atoms with Crippen molar-refractivity contribution >= 4 is 50.9 Å². The highest BCUT2D eigenvalue weighted by atomic mass is 35.5. The topological polar surface area (TPSA) is 84.5 Å². The van der Waals surface area contributed by atoms with Gasteiger partial charge in [-0.2, -0.15) is 16.5 Å². The summed E-state index contributed by atoms with van der Waals surface area (Å²) in [5.74, 6) is 0.196. The highest BCUT2D eigenvalue weighted by Gasteiger charge is 2.27. The second kappa shape index (κ2) is 11.9. The maximum Gasteiger partial charge on any atom is 0.242 e. The number of carbonyl (C=O) groups is 1. The second-order valence-electron chi connectivity index (χ2n) is 6.50. The van der Waals surface area contributed by atoms with E-state index >= 15 is 0 Å². The lowest BCUT2D eigenvalue weighted by atomic mass is 10.1. The van der Waals surface area contributed by atoms with E-state index in [9.17, 15) is 13.2 Å². The Balaban J connectivity index is 2.10. The Bertz CT molecular complexity index is 954. The molecule has 6 nitrogen and oxygen atoms in total. The van der Waals surface area contributed by atoms with Gasteiger partial charge in [0.1, 0.15) is 10.9 Å². The molecule has 0 saturated carbocycles. The van der Waals surface area contributed by atoms with Gasteiger partial charge in [0.25, 0.3) is 0 Å². The van der Waals surface area contributed by atoms with E-state index in [2.05, 4.69) is 10.0 Å². The SMILES string of the molecule is COCc1ccc(CNC(=O)C(CCSC)NS(=O)(=O)c2cc(Cl)ccc2Cl)cc1. The number of sulfonamides is 1. The van der Waals surface area contributed by atoms with Crippen molar-refractivity contribution in [1.82, 2.24) is 10.0 Å². The van der Waals surface area contributed by atoms with E-state index in [0.717, 1.165) is 11.1 Å². The number of hydrogen-bond acceptors (Lipinski definition) is 5. The van der Waals surface area contributed by atoms with Gasteiger partial charge in [-0.3, -0.25) is 4.79 Å². The Hall–Kier alpha value is -1.29. The Labute approximate surface area is 191 Å². The van der Waals surface area contributed by atoms with Gasteiger partial charge in [-0.1, -0.05) is 47.5 Å². The summed E-state index contributed by atoms with van der Waals surface area (Å²) < 4.78 is 33.1. The van der Waals surface area contributed by atoms with Gasteiger partial charge in [0.05, 0.1) is 11.6 Å². The zero-order chi connectivity index (χ0) is 22.1. The van der Waals surface area contributed by atoms with Gasteiger partial charge in [-0.05, 0) is 47.8 Å². The largest absolute Gasteiger partial charge is 0.380 e. The number of halogens is 2. The lowest BCUT2D eigenvalue weighted by Crippen LogP contribution is -2.46. The molecule has 1 amide bonds. The summed E-state index contributed by atoms with van der Waals surface area (Å²) in [7, 11) is -2.41. The van der Waals surface area contributed by atoms with Crippen molar-refractivity contribution in [2.75, 3.05) is 19.1 Å². The monoisotopic (exact) mass is 490 g/mol. The molecule has 0 bridgehead atoms. The number of methoxy groups -OCH3 is 1. The molecule has 0 saturated heterocycles. The molecule has 2 N–H and O–H groups in total. The molecule has 1 unspecified atom stereocenters. The molecule has 2 aromatic carbocycles. The van der Waals surface area contributed by atoms with E-state index in [1.54, 1.807) is 7.11 Å². The standard InChI is InChI=1S/C20H24Cl2N2O4S2/c1-28-13-15-5-3-14(4-6-15)12-23-20(25)18(9-10-29-2)24-30(26,27)19-11-16(21)7-8-17(19)22/h3-8,11,18,24H,9-10,12-13H2,1-2H3,(H,23,25). The molecule has 0 heterocycles. The molecule has 164 valence electrons. The second-order valence-corrected chi connectivity index (χ2v) is 10.0. The molecule has 10 heteroatoms. The average molecular weight is 491 g/mol. The Morgan fingerprint density at radius 2 is 1.80 bits per heavy atom. The van der Waals surface area contributed by atoms with Gasteiger partial charge >= 0.3 is 0 Å². The van der Waals surface area contributed by atoms with Crippen molar-refractivity contribution in [3.05, 3.63) is 63.6 Å². The van der Waals surface area contributed by atoms with Crippen LogP contribution in [0.5, 0.6) is 0 Å². The predicted octanol–water partition coefficient (Wildman–Crippen LogP) is 3.86. The summed E-state index contributed by atoms with van der Waals surface area (Å²) in [5.41, 5.74) is 1.92. The molecule has 0 aliphatic rings. The maximum absolute atomic E-state index is 12.8. The molecule has 2 rings (SSSR count).